The van der Waals surface area contributed by atoms with Crippen LogP contribution in [0.2, 0.25) is 0 Å². The third kappa shape index (κ3) is 2.72. The molecule has 3 aromatic rings. The number of hydrogen-bond acceptors (Lipinski definition) is 1. The lowest BCUT2D eigenvalue weighted by Crippen LogP contribution is -1.80. The highest BCUT2D eigenvalue weighted by molar-refractivity contribution is 9.11. The van der Waals surface area contributed by atoms with E-state index in [9.17, 15) is 0 Å². The zero-order valence-electron chi connectivity index (χ0n) is 11.5. The predicted molar refractivity (Wildman–Crippen MR) is 92.4 cm³/mol. The van der Waals surface area contributed by atoms with Crippen molar-refractivity contribution < 1.29 is 0 Å². The molecule has 0 atom stereocenters. The molecule has 20 heavy (non-hydrogen) atoms. The summed E-state index contributed by atoms with van der Waals surface area (Å²) in [6.07, 6.45) is 0. The van der Waals surface area contributed by atoms with Crippen LogP contribution in [0, 0.1) is 13.8 Å². The Hall–Kier alpha value is -1.38. The topological polar surface area (TPSA) is 0 Å². The lowest BCUT2D eigenvalue weighted by atomic mass is 10.0. The summed E-state index contributed by atoms with van der Waals surface area (Å²) < 4.78 is 1.17. The number of aryl methyl sites for hydroxylation is 2. The second-order valence-electron chi connectivity index (χ2n) is 5.03. The van der Waals surface area contributed by atoms with E-state index in [1.165, 1.54) is 36.5 Å². The van der Waals surface area contributed by atoms with Gasteiger partial charge < -0.3 is 0 Å². The molecule has 0 spiro atoms. The van der Waals surface area contributed by atoms with E-state index < -0.39 is 0 Å². The Bertz CT molecular complexity index is 658. The molecule has 0 nitrogen and oxygen atoms in total. The van der Waals surface area contributed by atoms with Crippen LogP contribution in [0.25, 0.3) is 21.6 Å². The van der Waals surface area contributed by atoms with Gasteiger partial charge in [-0.2, -0.15) is 0 Å². The van der Waals surface area contributed by atoms with Crippen LogP contribution >= 0.6 is 27.3 Å². The fourth-order valence-corrected chi connectivity index (χ4v) is 3.85. The van der Waals surface area contributed by atoms with Gasteiger partial charge in [0.15, 0.2) is 0 Å². The molecule has 0 N–H and O–H groups in total. The average Bonchev–Trinajstić information content (AvgIpc) is 2.82. The maximum Gasteiger partial charge on any atom is 0.0711 e. The maximum absolute atomic E-state index is 3.63. The van der Waals surface area contributed by atoms with E-state index in [-0.39, 0.29) is 0 Å². The summed E-state index contributed by atoms with van der Waals surface area (Å²) in [7, 11) is 0. The lowest BCUT2D eigenvalue weighted by Gasteiger charge is -2.05. The molecule has 1 aromatic heterocycles. The first-order valence-electron chi connectivity index (χ1n) is 6.57. The van der Waals surface area contributed by atoms with Crippen LogP contribution in [-0.2, 0) is 0 Å². The molecule has 0 fully saturated rings. The van der Waals surface area contributed by atoms with E-state index in [0.717, 1.165) is 0 Å². The first kappa shape index (κ1) is 13.6. The van der Waals surface area contributed by atoms with Gasteiger partial charge in [-0.05, 0) is 47.0 Å². The van der Waals surface area contributed by atoms with E-state index in [1.54, 1.807) is 11.3 Å². The van der Waals surface area contributed by atoms with Gasteiger partial charge in [-0.1, -0.05) is 59.7 Å². The quantitative estimate of drug-likeness (QED) is 0.501. The standard InChI is InChI=1S/C18H15BrS/c1-12-3-7-14(8-4-12)16-11-17(19)20-18(16)15-9-5-13(2)6-10-15/h3-11H,1-2H3. The van der Waals surface area contributed by atoms with Crippen molar-refractivity contribution in [1.82, 2.24) is 0 Å². The van der Waals surface area contributed by atoms with Crippen LogP contribution in [0.4, 0.5) is 0 Å². The Morgan fingerprint density at radius 3 is 1.80 bits per heavy atom. The fourth-order valence-electron chi connectivity index (χ4n) is 2.23. The fraction of sp³-hybridized carbons (Fsp3) is 0.111. The van der Waals surface area contributed by atoms with Crippen molar-refractivity contribution in [2.45, 2.75) is 13.8 Å². The molecule has 0 aliphatic heterocycles. The highest BCUT2D eigenvalue weighted by Crippen LogP contribution is 2.41. The minimum Gasteiger partial charge on any atom is -0.128 e. The minimum absolute atomic E-state index is 1.17. The summed E-state index contributed by atoms with van der Waals surface area (Å²) in [5, 5.41) is 0. The Kier molecular flexibility index (Phi) is 3.77. The average molecular weight is 343 g/mol. The van der Waals surface area contributed by atoms with Crippen LogP contribution in [-0.4, -0.2) is 0 Å². The van der Waals surface area contributed by atoms with E-state index >= 15 is 0 Å². The maximum atomic E-state index is 3.63. The Morgan fingerprint density at radius 1 is 0.750 bits per heavy atom. The van der Waals surface area contributed by atoms with E-state index in [2.05, 4.69) is 84.4 Å². The summed E-state index contributed by atoms with van der Waals surface area (Å²) in [5.41, 5.74) is 6.43. The highest BCUT2D eigenvalue weighted by Gasteiger charge is 2.11. The Morgan fingerprint density at radius 2 is 1.25 bits per heavy atom. The zero-order valence-corrected chi connectivity index (χ0v) is 13.9. The first-order chi connectivity index (χ1) is 9.63. The first-order valence-corrected chi connectivity index (χ1v) is 8.18. The van der Waals surface area contributed by atoms with Gasteiger partial charge in [0.2, 0.25) is 0 Å². The Balaban J connectivity index is 2.12. The molecule has 100 valence electrons. The van der Waals surface area contributed by atoms with Gasteiger partial charge in [-0.25, -0.2) is 0 Å². The van der Waals surface area contributed by atoms with Gasteiger partial charge in [0.05, 0.1) is 3.79 Å². The van der Waals surface area contributed by atoms with Crippen molar-refractivity contribution in [3.63, 3.8) is 0 Å². The van der Waals surface area contributed by atoms with Crippen molar-refractivity contribution in [1.29, 1.82) is 0 Å². The number of halogens is 1. The number of benzene rings is 2. The van der Waals surface area contributed by atoms with Crippen LogP contribution in [0.15, 0.2) is 58.4 Å². The molecule has 1 heterocycles. The molecule has 0 radical (unpaired) electrons. The second kappa shape index (κ2) is 5.55. The number of thiophene rings is 1. The molecular weight excluding hydrogens is 328 g/mol. The van der Waals surface area contributed by atoms with Crippen molar-refractivity contribution >= 4 is 27.3 Å². The Labute approximate surface area is 132 Å². The van der Waals surface area contributed by atoms with Crippen LogP contribution < -0.4 is 0 Å². The molecule has 0 unspecified atom stereocenters. The van der Waals surface area contributed by atoms with Gasteiger partial charge in [0.1, 0.15) is 0 Å². The van der Waals surface area contributed by atoms with Crippen molar-refractivity contribution in [3.05, 3.63) is 69.5 Å². The number of rotatable bonds is 2. The third-order valence-corrected chi connectivity index (χ3v) is 5.07. The summed E-state index contributed by atoms with van der Waals surface area (Å²) in [6, 6.07) is 19.7. The van der Waals surface area contributed by atoms with Crippen LogP contribution in [0.3, 0.4) is 0 Å². The molecule has 3 rings (SSSR count). The van der Waals surface area contributed by atoms with E-state index in [1.807, 2.05) is 0 Å². The molecule has 0 saturated heterocycles. The second-order valence-corrected chi connectivity index (χ2v) is 7.46. The molecule has 0 aliphatic carbocycles. The molecule has 0 amide bonds. The highest BCUT2D eigenvalue weighted by atomic mass is 79.9. The van der Waals surface area contributed by atoms with Gasteiger partial charge in [0.25, 0.3) is 0 Å². The normalized spacial score (nSPS) is 10.8. The monoisotopic (exact) mass is 342 g/mol. The molecular formula is C18H15BrS. The van der Waals surface area contributed by atoms with Crippen molar-refractivity contribution in [2.24, 2.45) is 0 Å². The van der Waals surface area contributed by atoms with Crippen LogP contribution in [0.5, 0.6) is 0 Å². The molecule has 2 heteroatoms. The van der Waals surface area contributed by atoms with Crippen molar-refractivity contribution in [2.75, 3.05) is 0 Å². The van der Waals surface area contributed by atoms with Gasteiger partial charge in [-0.3, -0.25) is 0 Å². The zero-order chi connectivity index (χ0) is 14.1. The molecule has 0 bridgehead atoms. The SMILES string of the molecule is Cc1ccc(-c2cc(Br)sc2-c2ccc(C)cc2)cc1. The third-order valence-electron chi connectivity index (χ3n) is 3.38. The van der Waals surface area contributed by atoms with Gasteiger partial charge >= 0.3 is 0 Å². The summed E-state index contributed by atoms with van der Waals surface area (Å²) in [5.74, 6) is 0. The summed E-state index contributed by atoms with van der Waals surface area (Å²) in [6.45, 7) is 4.24. The molecule has 0 aliphatic rings. The molecule has 0 saturated carbocycles. The predicted octanol–water partition coefficient (Wildman–Crippen LogP) is 6.46. The molecule has 2 aromatic carbocycles. The van der Waals surface area contributed by atoms with E-state index in [0.29, 0.717) is 0 Å². The van der Waals surface area contributed by atoms with Crippen molar-refractivity contribution in [3.8, 4) is 21.6 Å². The minimum atomic E-state index is 1.17. The van der Waals surface area contributed by atoms with Gasteiger partial charge in [-0.15, -0.1) is 11.3 Å². The summed E-state index contributed by atoms with van der Waals surface area (Å²) >= 11 is 5.41. The smallest absolute Gasteiger partial charge is 0.0711 e. The lowest BCUT2D eigenvalue weighted by molar-refractivity contribution is 1.47. The largest absolute Gasteiger partial charge is 0.128 e. The summed E-state index contributed by atoms with van der Waals surface area (Å²) in [4.78, 5) is 1.32. The van der Waals surface area contributed by atoms with Crippen LogP contribution in [0.1, 0.15) is 11.1 Å². The number of hydrogen-bond donors (Lipinski definition) is 0. The van der Waals surface area contributed by atoms with Gasteiger partial charge in [0, 0.05) is 10.4 Å². The van der Waals surface area contributed by atoms with E-state index in [4.69, 9.17) is 0 Å².